The number of methoxy groups -OCH3 is 1. The Morgan fingerprint density at radius 3 is 2.30 bits per heavy atom. The summed E-state index contributed by atoms with van der Waals surface area (Å²) in [6, 6.07) is 19.1. The van der Waals surface area contributed by atoms with Crippen molar-refractivity contribution in [3.63, 3.8) is 0 Å². The molecule has 2 aromatic rings. The molecule has 124 valence electrons. The molecule has 0 spiro atoms. The molecule has 2 rings (SSSR count). The summed E-state index contributed by atoms with van der Waals surface area (Å²) in [5, 5.41) is 9.35. The molecule has 23 heavy (non-hydrogen) atoms. The van der Waals surface area contributed by atoms with Crippen molar-refractivity contribution >= 4 is 0 Å². The number of rotatable bonds is 9. The second-order valence-electron chi connectivity index (χ2n) is 5.92. The zero-order valence-corrected chi connectivity index (χ0v) is 14.1. The van der Waals surface area contributed by atoms with Gasteiger partial charge >= 0.3 is 0 Å². The van der Waals surface area contributed by atoms with Crippen LogP contribution in [0.3, 0.4) is 0 Å². The van der Waals surface area contributed by atoms with Gasteiger partial charge in [0.1, 0.15) is 5.75 Å². The van der Waals surface area contributed by atoms with Gasteiger partial charge in [-0.3, -0.25) is 4.90 Å². The van der Waals surface area contributed by atoms with Gasteiger partial charge in [0.05, 0.1) is 13.7 Å². The van der Waals surface area contributed by atoms with Crippen LogP contribution in [0.2, 0.25) is 0 Å². The SMILES string of the molecule is COc1ccc(CCC(C)N(CCO)Cc2ccccc2)cc1. The van der Waals surface area contributed by atoms with Crippen molar-refractivity contribution in [2.45, 2.75) is 32.4 Å². The first-order chi connectivity index (χ1) is 11.2. The third-order valence-corrected chi connectivity index (χ3v) is 4.25. The Labute approximate surface area is 139 Å². The zero-order valence-electron chi connectivity index (χ0n) is 14.1. The van der Waals surface area contributed by atoms with E-state index in [0.717, 1.165) is 25.1 Å². The van der Waals surface area contributed by atoms with Gasteiger partial charge in [-0.1, -0.05) is 42.5 Å². The van der Waals surface area contributed by atoms with Gasteiger partial charge in [-0.15, -0.1) is 0 Å². The summed E-state index contributed by atoms with van der Waals surface area (Å²) in [4.78, 5) is 2.35. The maximum absolute atomic E-state index is 9.35. The van der Waals surface area contributed by atoms with Crippen molar-refractivity contribution < 1.29 is 9.84 Å². The fourth-order valence-corrected chi connectivity index (χ4v) is 2.75. The number of aryl methyl sites for hydroxylation is 1. The largest absolute Gasteiger partial charge is 0.497 e. The quantitative estimate of drug-likeness (QED) is 0.769. The van der Waals surface area contributed by atoms with Crippen LogP contribution in [-0.2, 0) is 13.0 Å². The van der Waals surface area contributed by atoms with Crippen LogP contribution in [-0.4, -0.2) is 36.3 Å². The van der Waals surface area contributed by atoms with Crippen molar-refractivity contribution in [1.29, 1.82) is 0 Å². The van der Waals surface area contributed by atoms with Gasteiger partial charge in [0.15, 0.2) is 0 Å². The summed E-state index contributed by atoms with van der Waals surface area (Å²) in [5.74, 6) is 0.896. The molecule has 1 unspecified atom stereocenters. The number of hydrogen-bond acceptors (Lipinski definition) is 3. The first-order valence-electron chi connectivity index (χ1n) is 8.24. The molecule has 0 heterocycles. The van der Waals surface area contributed by atoms with E-state index in [-0.39, 0.29) is 6.61 Å². The predicted octanol–water partition coefficient (Wildman–Crippen LogP) is 3.51. The topological polar surface area (TPSA) is 32.7 Å². The van der Waals surface area contributed by atoms with E-state index < -0.39 is 0 Å². The molecule has 0 aromatic heterocycles. The van der Waals surface area contributed by atoms with Gasteiger partial charge in [0, 0.05) is 19.1 Å². The number of ether oxygens (including phenoxy) is 1. The minimum atomic E-state index is 0.194. The van der Waals surface area contributed by atoms with E-state index >= 15 is 0 Å². The van der Waals surface area contributed by atoms with Crippen LogP contribution in [0, 0.1) is 0 Å². The molecule has 0 amide bonds. The van der Waals surface area contributed by atoms with Crippen molar-refractivity contribution in [2.75, 3.05) is 20.3 Å². The lowest BCUT2D eigenvalue weighted by molar-refractivity contribution is 0.146. The molecule has 3 nitrogen and oxygen atoms in total. The number of nitrogens with zero attached hydrogens (tertiary/aromatic N) is 1. The van der Waals surface area contributed by atoms with Crippen LogP contribution in [0.1, 0.15) is 24.5 Å². The maximum atomic E-state index is 9.35. The Balaban J connectivity index is 1.90. The molecule has 0 radical (unpaired) electrons. The lowest BCUT2D eigenvalue weighted by Crippen LogP contribution is -2.35. The first-order valence-corrected chi connectivity index (χ1v) is 8.24. The van der Waals surface area contributed by atoms with E-state index in [1.54, 1.807) is 7.11 Å². The van der Waals surface area contributed by atoms with Gasteiger partial charge < -0.3 is 9.84 Å². The minimum Gasteiger partial charge on any atom is -0.497 e. The molecule has 3 heteroatoms. The maximum Gasteiger partial charge on any atom is 0.118 e. The molecule has 1 atom stereocenters. The van der Waals surface area contributed by atoms with E-state index in [9.17, 15) is 5.11 Å². The standard InChI is InChI=1S/C20H27NO2/c1-17(8-9-18-10-12-20(23-2)13-11-18)21(14-15-22)16-19-6-4-3-5-7-19/h3-7,10-13,17,22H,8-9,14-16H2,1-2H3. The van der Waals surface area contributed by atoms with Crippen LogP contribution >= 0.6 is 0 Å². The van der Waals surface area contributed by atoms with E-state index in [1.807, 2.05) is 18.2 Å². The highest BCUT2D eigenvalue weighted by Crippen LogP contribution is 2.16. The minimum absolute atomic E-state index is 0.194. The summed E-state index contributed by atoms with van der Waals surface area (Å²) < 4.78 is 5.20. The second kappa shape index (κ2) is 9.33. The van der Waals surface area contributed by atoms with Gasteiger partial charge in [0.25, 0.3) is 0 Å². The summed E-state index contributed by atoms with van der Waals surface area (Å²) in [5.41, 5.74) is 2.61. The average Bonchev–Trinajstić information content (AvgIpc) is 2.60. The average molecular weight is 313 g/mol. The fourth-order valence-electron chi connectivity index (χ4n) is 2.75. The lowest BCUT2D eigenvalue weighted by Gasteiger charge is -2.28. The number of hydrogen-bond donors (Lipinski definition) is 1. The van der Waals surface area contributed by atoms with Crippen LogP contribution in [0.5, 0.6) is 5.75 Å². The molecular weight excluding hydrogens is 286 g/mol. The summed E-state index contributed by atoms with van der Waals surface area (Å²) in [6.07, 6.45) is 2.10. The molecule has 0 saturated heterocycles. The smallest absolute Gasteiger partial charge is 0.118 e. The summed E-state index contributed by atoms with van der Waals surface area (Å²) in [6.45, 7) is 4.02. The van der Waals surface area contributed by atoms with Crippen LogP contribution in [0.4, 0.5) is 0 Å². The number of benzene rings is 2. The van der Waals surface area contributed by atoms with Gasteiger partial charge in [0.2, 0.25) is 0 Å². The molecule has 0 aliphatic heterocycles. The van der Waals surface area contributed by atoms with Gasteiger partial charge in [-0.05, 0) is 43.0 Å². The Hall–Kier alpha value is -1.84. The number of aliphatic hydroxyl groups is 1. The Morgan fingerprint density at radius 2 is 1.70 bits per heavy atom. The molecule has 0 aliphatic carbocycles. The highest BCUT2D eigenvalue weighted by molar-refractivity contribution is 5.27. The van der Waals surface area contributed by atoms with E-state index in [4.69, 9.17) is 4.74 Å². The first kappa shape index (κ1) is 17.5. The van der Waals surface area contributed by atoms with E-state index in [1.165, 1.54) is 11.1 Å². The zero-order chi connectivity index (χ0) is 16.5. The van der Waals surface area contributed by atoms with E-state index in [2.05, 4.69) is 48.2 Å². The third-order valence-electron chi connectivity index (χ3n) is 4.25. The van der Waals surface area contributed by atoms with Crippen molar-refractivity contribution in [3.05, 3.63) is 65.7 Å². The second-order valence-corrected chi connectivity index (χ2v) is 5.92. The highest BCUT2D eigenvalue weighted by Gasteiger charge is 2.14. The number of aliphatic hydroxyl groups excluding tert-OH is 1. The van der Waals surface area contributed by atoms with Gasteiger partial charge in [-0.25, -0.2) is 0 Å². The van der Waals surface area contributed by atoms with Crippen molar-refractivity contribution in [1.82, 2.24) is 4.90 Å². The van der Waals surface area contributed by atoms with Crippen LogP contribution in [0.25, 0.3) is 0 Å². The molecule has 2 aromatic carbocycles. The van der Waals surface area contributed by atoms with Crippen LogP contribution < -0.4 is 4.74 Å². The monoisotopic (exact) mass is 313 g/mol. The van der Waals surface area contributed by atoms with Crippen molar-refractivity contribution in [3.8, 4) is 5.75 Å². The van der Waals surface area contributed by atoms with Gasteiger partial charge in [-0.2, -0.15) is 0 Å². The Kier molecular flexibility index (Phi) is 7.11. The highest BCUT2D eigenvalue weighted by atomic mass is 16.5. The molecule has 0 fully saturated rings. The molecule has 0 saturated carbocycles. The molecular formula is C20H27NO2. The van der Waals surface area contributed by atoms with E-state index in [0.29, 0.717) is 12.6 Å². The summed E-state index contributed by atoms with van der Waals surface area (Å²) >= 11 is 0. The Bertz CT molecular complexity index is 554. The fraction of sp³-hybridized carbons (Fsp3) is 0.400. The molecule has 0 bridgehead atoms. The Morgan fingerprint density at radius 1 is 1.00 bits per heavy atom. The molecule has 1 N–H and O–H groups in total. The van der Waals surface area contributed by atoms with Crippen LogP contribution in [0.15, 0.2) is 54.6 Å². The van der Waals surface area contributed by atoms with Crippen molar-refractivity contribution in [2.24, 2.45) is 0 Å². The predicted molar refractivity (Wildman–Crippen MR) is 94.7 cm³/mol. The summed E-state index contributed by atoms with van der Waals surface area (Å²) in [7, 11) is 1.69. The normalized spacial score (nSPS) is 12.3. The lowest BCUT2D eigenvalue weighted by atomic mass is 10.0. The molecule has 0 aliphatic rings. The third kappa shape index (κ3) is 5.70.